The molecule has 4 rings (SSSR count). The highest BCUT2D eigenvalue weighted by molar-refractivity contribution is 7.13. The van der Waals surface area contributed by atoms with Gasteiger partial charge in [0.25, 0.3) is 5.91 Å². The van der Waals surface area contributed by atoms with Gasteiger partial charge in [-0.05, 0) is 30.5 Å². The molecule has 1 N–H and O–H groups in total. The Labute approximate surface area is 160 Å². The van der Waals surface area contributed by atoms with Crippen LogP contribution in [0.3, 0.4) is 0 Å². The van der Waals surface area contributed by atoms with E-state index in [9.17, 15) is 4.79 Å². The molecule has 3 heterocycles. The van der Waals surface area contributed by atoms with Gasteiger partial charge in [-0.15, -0.1) is 16.4 Å². The first-order chi connectivity index (χ1) is 13.2. The van der Waals surface area contributed by atoms with E-state index in [2.05, 4.69) is 20.4 Å². The fourth-order valence-electron chi connectivity index (χ4n) is 2.77. The fourth-order valence-corrected chi connectivity index (χ4v) is 3.47. The summed E-state index contributed by atoms with van der Waals surface area (Å²) in [6.07, 6.45) is 5.30. The molecule has 4 aromatic rings. The minimum Gasteiger partial charge on any atom is -0.345 e. The second-order valence-corrected chi connectivity index (χ2v) is 7.07. The van der Waals surface area contributed by atoms with Crippen molar-refractivity contribution in [3.05, 3.63) is 72.4 Å². The number of aromatic nitrogens is 5. The molecule has 3 aromatic heterocycles. The predicted octanol–water partition coefficient (Wildman–Crippen LogP) is 3.01. The van der Waals surface area contributed by atoms with Crippen LogP contribution in [0.5, 0.6) is 0 Å². The lowest BCUT2D eigenvalue weighted by atomic mass is 10.3. The maximum absolute atomic E-state index is 12.7. The Bertz CT molecular complexity index is 1010. The summed E-state index contributed by atoms with van der Waals surface area (Å²) in [5, 5.41) is 9.40. The molecular weight excluding hydrogens is 360 g/mol. The van der Waals surface area contributed by atoms with E-state index in [1.54, 1.807) is 28.5 Å². The summed E-state index contributed by atoms with van der Waals surface area (Å²) >= 11 is 1.56. The van der Waals surface area contributed by atoms with Crippen LogP contribution in [-0.4, -0.2) is 36.3 Å². The largest absolute Gasteiger partial charge is 0.345 e. The van der Waals surface area contributed by atoms with Crippen LogP contribution in [0.4, 0.5) is 0 Å². The second-order valence-electron chi connectivity index (χ2n) is 6.12. The summed E-state index contributed by atoms with van der Waals surface area (Å²) < 4.78 is 3.62. The van der Waals surface area contributed by atoms with Gasteiger partial charge in [0.1, 0.15) is 0 Å². The summed E-state index contributed by atoms with van der Waals surface area (Å²) in [6.45, 7) is 2.56. The Hall–Kier alpha value is -3.26. The highest BCUT2D eigenvalue weighted by Crippen LogP contribution is 2.25. The van der Waals surface area contributed by atoms with Crippen LogP contribution in [0.2, 0.25) is 0 Å². The van der Waals surface area contributed by atoms with Gasteiger partial charge in [0, 0.05) is 25.0 Å². The van der Waals surface area contributed by atoms with Crippen molar-refractivity contribution in [3.8, 4) is 16.4 Å². The molecule has 136 valence electrons. The Morgan fingerprint density at radius 2 is 2.07 bits per heavy atom. The van der Waals surface area contributed by atoms with Crippen molar-refractivity contribution in [2.45, 2.75) is 19.5 Å². The molecule has 27 heavy (non-hydrogen) atoms. The zero-order chi connectivity index (χ0) is 18.6. The number of thiophene rings is 1. The van der Waals surface area contributed by atoms with Gasteiger partial charge < -0.3 is 9.88 Å². The number of hydrogen-bond donors (Lipinski definition) is 1. The van der Waals surface area contributed by atoms with Crippen LogP contribution in [0, 0.1) is 0 Å². The minimum absolute atomic E-state index is 0.0828. The van der Waals surface area contributed by atoms with Gasteiger partial charge in [-0.1, -0.05) is 24.3 Å². The molecule has 8 heteroatoms. The van der Waals surface area contributed by atoms with Crippen molar-refractivity contribution in [2.75, 3.05) is 0 Å². The number of rotatable bonds is 6. The molecule has 0 spiro atoms. The van der Waals surface area contributed by atoms with Crippen molar-refractivity contribution >= 4 is 17.2 Å². The van der Waals surface area contributed by atoms with Gasteiger partial charge in [-0.25, -0.2) is 14.6 Å². The van der Waals surface area contributed by atoms with Gasteiger partial charge in [0.15, 0.2) is 5.82 Å². The lowest BCUT2D eigenvalue weighted by Crippen LogP contribution is -2.36. The summed E-state index contributed by atoms with van der Waals surface area (Å²) in [4.78, 5) is 22.2. The Balaban J connectivity index is 1.60. The molecule has 1 atom stereocenters. The van der Waals surface area contributed by atoms with Crippen molar-refractivity contribution in [3.63, 3.8) is 0 Å². The maximum atomic E-state index is 12.7. The first-order valence-corrected chi connectivity index (χ1v) is 9.41. The van der Waals surface area contributed by atoms with Crippen LogP contribution in [0.1, 0.15) is 17.5 Å². The van der Waals surface area contributed by atoms with Crippen molar-refractivity contribution in [2.24, 2.45) is 0 Å². The molecule has 1 amide bonds. The predicted molar refractivity (Wildman–Crippen MR) is 104 cm³/mol. The summed E-state index contributed by atoms with van der Waals surface area (Å²) in [6, 6.07) is 13.5. The molecule has 0 saturated heterocycles. The number of imidazole rings is 1. The summed E-state index contributed by atoms with van der Waals surface area (Å²) in [5.41, 5.74) is 0.860. The van der Waals surface area contributed by atoms with E-state index < -0.39 is 0 Å². The molecule has 1 aromatic carbocycles. The summed E-state index contributed by atoms with van der Waals surface area (Å²) in [5.74, 6) is 0.512. The number of nitrogens with one attached hydrogen (secondary N) is 1. The molecule has 0 saturated carbocycles. The fraction of sp³-hybridized carbons (Fsp3) is 0.158. The van der Waals surface area contributed by atoms with E-state index in [-0.39, 0.29) is 17.8 Å². The SMILES string of the molecule is C[C@@H](Cn1ccnc1)NC(=O)c1nc(-c2cccs2)n(-c2ccccc2)n1. The zero-order valence-electron chi connectivity index (χ0n) is 14.7. The zero-order valence-corrected chi connectivity index (χ0v) is 15.5. The average Bonchev–Trinajstić information content (AvgIpc) is 3.43. The normalized spacial score (nSPS) is 12.0. The van der Waals surface area contributed by atoms with Gasteiger partial charge in [0.05, 0.1) is 16.9 Å². The van der Waals surface area contributed by atoms with Crippen LogP contribution >= 0.6 is 11.3 Å². The van der Waals surface area contributed by atoms with E-state index in [1.807, 2.05) is 65.5 Å². The van der Waals surface area contributed by atoms with E-state index in [0.29, 0.717) is 12.4 Å². The van der Waals surface area contributed by atoms with Crippen LogP contribution in [0.25, 0.3) is 16.4 Å². The second kappa shape index (κ2) is 7.55. The molecule has 0 bridgehead atoms. The number of nitrogens with zero attached hydrogens (tertiary/aromatic N) is 5. The van der Waals surface area contributed by atoms with Gasteiger partial charge in [-0.3, -0.25) is 4.79 Å². The molecule has 0 aliphatic rings. The quantitative estimate of drug-likeness (QED) is 0.559. The highest BCUT2D eigenvalue weighted by Gasteiger charge is 2.20. The maximum Gasteiger partial charge on any atom is 0.291 e. The third-order valence-electron chi connectivity index (χ3n) is 3.97. The number of carbonyl (C=O) groups is 1. The van der Waals surface area contributed by atoms with Crippen LogP contribution in [0.15, 0.2) is 66.6 Å². The van der Waals surface area contributed by atoms with Crippen LogP contribution in [-0.2, 0) is 6.54 Å². The number of amides is 1. The molecule has 0 fully saturated rings. The average molecular weight is 378 g/mol. The first-order valence-electron chi connectivity index (χ1n) is 8.53. The molecule has 0 unspecified atom stereocenters. The Kier molecular flexibility index (Phi) is 4.80. The van der Waals surface area contributed by atoms with Crippen LogP contribution < -0.4 is 5.32 Å². The first kappa shape index (κ1) is 17.2. The van der Waals surface area contributed by atoms with Crippen molar-refractivity contribution in [1.29, 1.82) is 0 Å². The van der Waals surface area contributed by atoms with Gasteiger partial charge in [-0.2, -0.15) is 0 Å². The standard InChI is InChI=1S/C19H18N6OS/c1-14(12-24-10-9-20-13-24)21-19(26)17-22-18(16-8-5-11-27-16)25(23-17)15-6-3-2-4-7-15/h2-11,13-14H,12H2,1H3,(H,21,26)/t14-/m0/s1. The topological polar surface area (TPSA) is 77.6 Å². The number of benzene rings is 1. The third-order valence-corrected chi connectivity index (χ3v) is 4.84. The van der Waals surface area contributed by atoms with Gasteiger partial charge in [0.2, 0.25) is 5.82 Å². The smallest absolute Gasteiger partial charge is 0.291 e. The Morgan fingerprint density at radius 3 is 2.78 bits per heavy atom. The molecular formula is C19H18N6OS. The van der Waals surface area contributed by atoms with Crippen molar-refractivity contribution < 1.29 is 4.79 Å². The number of carbonyl (C=O) groups excluding carboxylic acids is 1. The lowest BCUT2D eigenvalue weighted by molar-refractivity contribution is 0.0926. The minimum atomic E-state index is -0.296. The van der Waals surface area contributed by atoms with E-state index in [1.165, 1.54) is 0 Å². The third kappa shape index (κ3) is 3.80. The van der Waals surface area contributed by atoms with E-state index >= 15 is 0 Å². The van der Waals surface area contributed by atoms with E-state index in [4.69, 9.17) is 0 Å². The highest BCUT2D eigenvalue weighted by atomic mass is 32.1. The summed E-state index contributed by atoms with van der Waals surface area (Å²) in [7, 11) is 0. The monoisotopic (exact) mass is 378 g/mol. The molecule has 0 radical (unpaired) electrons. The molecule has 7 nitrogen and oxygen atoms in total. The molecule has 0 aliphatic heterocycles. The lowest BCUT2D eigenvalue weighted by Gasteiger charge is -2.12. The number of hydrogen-bond acceptors (Lipinski definition) is 5. The van der Waals surface area contributed by atoms with Crippen molar-refractivity contribution in [1.82, 2.24) is 29.6 Å². The van der Waals surface area contributed by atoms with E-state index in [0.717, 1.165) is 10.6 Å². The molecule has 0 aliphatic carbocycles. The number of para-hydroxylation sites is 1. The van der Waals surface area contributed by atoms with Gasteiger partial charge >= 0.3 is 0 Å². The Morgan fingerprint density at radius 1 is 1.22 bits per heavy atom.